The first-order chi connectivity index (χ1) is 24.6. The van der Waals surface area contributed by atoms with Crippen molar-refractivity contribution in [3.8, 4) is 11.5 Å². The van der Waals surface area contributed by atoms with E-state index in [1.54, 1.807) is 7.11 Å². The predicted molar refractivity (Wildman–Crippen MR) is 203 cm³/mol. The number of aromatic nitrogens is 2. The number of rotatable bonds is 14. The first kappa shape index (κ1) is 35.9. The van der Waals surface area contributed by atoms with Gasteiger partial charge >= 0.3 is 0 Å². The van der Waals surface area contributed by atoms with Crippen molar-refractivity contribution in [1.82, 2.24) is 25.1 Å². The fourth-order valence-electron chi connectivity index (χ4n) is 9.75. The van der Waals surface area contributed by atoms with Crippen molar-refractivity contribution in [2.24, 2.45) is 23.2 Å². The molecule has 4 aliphatic carbocycles. The summed E-state index contributed by atoms with van der Waals surface area (Å²) in [6.45, 7) is 8.67. The molecule has 5 fully saturated rings. The number of halogens is 1. The summed E-state index contributed by atoms with van der Waals surface area (Å²) in [6.07, 6.45) is 10.9. The van der Waals surface area contributed by atoms with E-state index in [1.807, 2.05) is 36.1 Å². The Kier molecular flexibility index (Phi) is 11.0. The number of methoxy groups -OCH3 is 1. The Hall–Kier alpha value is -3.44. The van der Waals surface area contributed by atoms with Crippen LogP contribution in [0, 0.1) is 30.1 Å². The van der Waals surface area contributed by atoms with Crippen molar-refractivity contribution < 1.29 is 19.1 Å². The molecule has 11 heteroatoms. The average Bonchev–Trinajstić information content (AvgIpc) is 3.09. The summed E-state index contributed by atoms with van der Waals surface area (Å²) in [4.78, 5) is 39.7. The maximum absolute atomic E-state index is 13.2. The highest BCUT2D eigenvalue weighted by molar-refractivity contribution is 9.10. The molecular formula is C40H53BrN6O4. The largest absolute Gasteiger partial charge is 0.493 e. The molecule has 0 spiro atoms. The Bertz CT molecular complexity index is 1690. The summed E-state index contributed by atoms with van der Waals surface area (Å²) in [7, 11) is 1.60. The highest BCUT2D eigenvalue weighted by Gasteiger charge is 2.51. The van der Waals surface area contributed by atoms with Gasteiger partial charge in [0.05, 0.1) is 18.7 Å². The molecule has 51 heavy (non-hydrogen) atoms. The van der Waals surface area contributed by atoms with Gasteiger partial charge in [-0.15, -0.1) is 0 Å². The monoisotopic (exact) mass is 760 g/mol. The topological polar surface area (TPSA) is 109 Å². The number of fused-ring (bicyclic) bond motifs is 1. The van der Waals surface area contributed by atoms with E-state index in [4.69, 9.17) is 14.5 Å². The van der Waals surface area contributed by atoms with Crippen LogP contribution < -0.4 is 20.1 Å². The molecule has 2 aromatic carbocycles. The number of nitrogens with zero attached hydrogens (tertiary/aromatic N) is 4. The molecule has 2 heterocycles. The Morgan fingerprint density at radius 1 is 0.980 bits per heavy atom. The number of ether oxygens (including phenoxy) is 2. The second kappa shape index (κ2) is 15.7. The van der Waals surface area contributed by atoms with Crippen LogP contribution in [0.25, 0.3) is 10.9 Å². The zero-order valence-corrected chi connectivity index (χ0v) is 32.0. The number of piperazine rings is 1. The summed E-state index contributed by atoms with van der Waals surface area (Å²) < 4.78 is 12.8. The third-order valence-electron chi connectivity index (χ3n) is 11.8. The molecule has 1 saturated heterocycles. The Morgan fingerprint density at radius 3 is 2.39 bits per heavy atom. The summed E-state index contributed by atoms with van der Waals surface area (Å²) in [5, 5.41) is 7.58. The quantitative estimate of drug-likeness (QED) is 0.171. The average molecular weight is 762 g/mol. The molecule has 0 radical (unpaired) electrons. The van der Waals surface area contributed by atoms with Crippen molar-refractivity contribution in [2.75, 3.05) is 58.3 Å². The van der Waals surface area contributed by atoms with Gasteiger partial charge in [0.2, 0.25) is 5.91 Å². The van der Waals surface area contributed by atoms with Gasteiger partial charge in [-0.05, 0) is 119 Å². The van der Waals surface area contributed by atoms with Crippen LogP contribution >= 0.6 is 15.9 Å². The molecule has 274 valence electrons. The van der Waals surface area contributed by atoms with Gasteiger partial charge in [-0.3, -0.25) is 14.5 Å². The number of carbonyl (C=O) groups is 2. The summed E-state index contributed by atoms with van der Waals surface area (Å²) in [5.41, 5.74) is 2.14. The van der Waals surface area contributed by atoms with Crippen LogP contribution in [0.2, 0.25) is 0 Å². The minimum absolute atomic E-state index is 0.00766. The summed E-state index contributed by atoms with van der Waals surface area (Å²) >= 11 is 3.56. The second-order valence-corrected chi connectivity index (χ2v) is 16.6. The van der Waals surface area contributed by atoms with E-state index in [-0.39, 0.29) is 24.5 Å². The van der Waals surface area contributed by atoms with Crippen molar-refractivity contribution in [1.29, 1.82) is 0 Å². The van der Waals surface area contributed by atoms with Gasteiger partial charge in [-0.1, -0.05) is 28.1 Å². The lowest BCUT2D eigenvalue weighted by molar-refractivity contribution is -0.135. The van der Waals surface area contributed by atoms with Crippen molar-refractivity contribution in [3.05, 3.63) is 52.3 Å². The molecule has 3 aromatic rings. The van der Waals surface area contributed by atoms with E-state index in [1.165, 1.54) is 38.5 Å². The van der Waals surface area contributed by atoms with Gasteiger partial charge in [0, 0.05) is 55.1 Å². The van der Waals surface area contributed by atoms with E-state index in [0.29, 0.717) is 47.2 Å². The first-order valence-electron chi connectivity index (χ1n) is 18.9. The van der Waals surface area contributed by atoms with Crippen LogP contribution in [0.15, 0.2) is 40.9 Å². The molecule has 2 N–H and O–H groups in total. The Morgan fingerprint density at radius 2 is 1.71 bits per heavy atom. The molecule has 1 atom stereocenters. The molecular weight excluding hydrogens is 708 g/mol. The maximum Gasteiger partial charge on any atom is 0.260 e. The lowest BCUT2D eigenvalue weighted by Gasteiger charge is -2.56. The molecule has 0 unspecified atom stereocenters. The molecule has 1 aliphatic heterocycles. The van der Waals surface area contributed by atoms with Gasteiger partial charge < -0.3 is 25.0 Å². The Labute approximate surface area is 310 Å². The third kappa shape index (κ3) is 8.62. The number of nitrogens with one attached hydrogen (secondary N) is 2. The molecule has 8 rings (SSSR count). The Balaban J connectivity index is 0.840. The minimum Gasteiger partial charge on any atom is -0.493 e. The summed E-state index contributed by atoms with van der Waals surface area (Å²) in [6, 6.07) is 11.9. The number of benzene rings is 2. The molecule has 5 aliphatic rings. The number of aryl methyl sites for hydroxylation is 1. The lowest BCUT2D eigenvalue weighted by atomic mass is 9.49. The maximum atomic E-state index is 13.2. The van der Waals surface area contributed by atoms with Crippen LogP contribution in [0.3, 0.4) is 0 Å². The van der Waals surface area contributed by atoms with E-state index >= 15 is 0 Å². The highest BCUT2D eigenvalue weighted by Crippen LogP contribution is 2.61. The van der Waals surface area contributed by atoms with Gasteiger partial charge in [0.1, 0.15) is 11.6 Å². The van der Waals surface area contributed by atoms with Gasteiger partial charge in [-0.25, -0.2) is 9.97 Å². The smallest absolute Gasteiger partial charge is 0.260 e. The van der Waals surface area contributed by atoms with E-state index in [0.717, 1.165) is 78.6 Å². The number of amides is 2. The molecule has 4 bridgehead atoms. The number of carbonyl (C=O) groups excluding carboxylic acids is 2. The van der Waals surface area contributed by atoms with Crippen LogP contribution in [-0.4, -0.2) is 84.6 Å². The fourth-order valence-corrected chi connectivity index (χ4v) is 10.2. The molecule has 4 saturated carbocycles. The second-order valence-electron chi connectivity index (χ2n) is 15.7. The predicted octanol–water partition coefficient (Wildman–Crippen LogP) is 6.91. The standard InChI is InChI=1S/C40H53BrN6O4/c1-26(31-7-6-8-32(41)18-31)43-39-33-19-35(50-3)36(20-34(33)44-27(2)45-39)51-25-38(49)47-13-11-46(12-14-47)10-5-4-9-42-37(48)24-40-21-28-15-29(22-40)17-30(16-28)23-40/h6-8,18-20,26,28-30H,4-5,9-17,21-25H2,1-3H3,(H,42,48)(H,43,44,45)/t26-,28?,29?,30?,40?/m1/s1. The first-order valence-corrected chi connectivity index (χ1v) is 19.7. The minimum atomic E-state index is -0.0695. The van der Waals surface area contributed by atoms with Crippen molar-refractivity contribution >= 4 is 44.5 Å². The van der Waals surface area contributed by atoms with E-state index in [2.05, 4.69) is 55.5 Å². The zero-order valence-electron chi connectivity index (χ0n) is 30.4. The van der Waals surface area contributed by atoms with Gasteiger partial charge in [-0.2, -0.15) is 0 Å². The highest BCUT2D eigenvalue weighted by atomic mass is 79.9. The van der Waals surface area contributed by atoms with E-state index < -0.39 is 0 Å². The van der Waals surface area contributed by atoms with Gasteiger partial charge in [0.25, 0.3) is 5.91 Å². The zero-order chi connectivity index (χ0) is 35.5. The van der Waals surface area contributed by atoms with Crippen molar-refractivity contribution in [3.63, 3.8) is 0 Å². The van der Waals surface area contributed by atoms with E-state index in [9.17, 15) is 9.59 Å². The number of hydrogen-bond acceptors (Lipinski definition) is 8. The lowest BCUT2D eigenvalue weighted by Crippen LogP contribution is -2.50. The van der Waals surface area contributed by atoms with Crippen LogP contribution in [-0.2, 0) is 9.59 Å². The van der Waals surface area contributed by atoms with Crippen LogP contribution in [0.4, 0.5) is 5.82 Å². The number of anilines is 1. The van der Waals surface area contributed by atoms with Crippen LogP contribution in [0.1, 0.15) is 82.1 Å². The fraction of sp³-hybridized carbons (Fsp3) is 0.600. The summed E-state index contributed by atoms with van der Waals surface area (Å²) in [5.74, 6) is 5.22. The van der Waals surface area contributed by atoms with Crippen molar-refractivity contribution in [2.45, 2.75) is 77.7 Å². The van der Waals surface area contributed by atoms with Gasteiger partial charge in [0.15, 0.2) is 18.1 Å². The molecule has 10 nitrogen and oxygen atoms in total. The number of hydrogen-bond donors (Lipinski definition) is 2. The number of unbranched alkanes of at least 4 members (excludes halogenated alkanes) is 1. The SMILES string of the molecule is COc1cc2c(N[C@H](C)c3cccc(Br)c3)nc(C)nc2cc1OCC(=O)N1CCN(CCCCNC(=O)CC23CC4CC(CC(C4)C2)C3)CC1. The normalized spacial score (nSPS) is 24.8. The molecule has 2 amide bonds. The molecule has 1 aromatic heterocycles. The third-order valence-corrected chi connectivity index (χ3v) is 12.3. The van der Waals surface area contributed by atoms with Crippen LogP contribution in [0.5, 0.6) is 11.5 Å².